The Kier molecular flexibility index (Phi) is 4.37. The van der Waals surface area contributed by atoms with Crippen molar-refractivity contribution < 1.29 is 4.79 Å². The monoisotopic (exact) mass is 249 g/mol. The third-order valence-corrected chi connectivity index (χ3v) is 4.22. The van der Waals surface area contributed by atoms with Crippen LogP contribution in [0.3, 0.4) is 0 Å². The molecule has 1 N–H and O–H groups in total. The van der Waals surface area contributed by atoms with E-state index >= 15 is 0 Å². The average Bonchev–Trinajstić information content (AvgIpc) is 2.82. The first-order chi connectivity index (χ1) is 8.25. The number of carbonyl (C=O) groups is 1. The van der Waals surface area contributed by atoms with Gasteiger partial charge in [-0.25, -0.2) is 0 Å². The van der Waals surface area contributed by atoms with Gasteiger partial charge in [-0.15, -0.1) is 11.3 Å². The van der Waals surface area contributed by atoms with Crippen LogP contribution in [0.4, 0.5) is 0 Å². The predicted octanol–water partition coefficient (Wildman–Crippen LogP) is 3.46. The zero-order valence-corrected chi connectivity index (χ0v) is 11.0. The molecule has 2 atom stereocenters. The highest BCUT2D eigenvalue weighted by Crippen LogP contribution is 2.23. The zero-order valence-electron chi connectivity index (χ0n) is 10.2. The van der Waals surface area contributed by atoms with Crippen LogP contribution in [0.25, 0.3) is 6.08 Å². The lowest BCUT2D eigenvalue weighted by Crippen LogP contribution is -2.40. The van der Waals surface area contributed by atoms with Crippen LogP contribution in [0.2, 0.25) is 0 Å². The van der Waals surface area contributed by atoms with Crippen molar-refractivity contribution in [1.29, 1.82) is 0 Å². The van der Waals surface area contributed by atoms with Gasteiger partial charge in [0.25, 0.3) is 0 Å². The van der Waals surface area contributed by atoms with Gasteiger partial charge in [0, 0.05) is 17.0 Å². The molecular formula is C14H19NOS. The summed E-state index contributed by atoms with van der Waals surface area (Å²) in [5.41, 5.74) is 0. The van der Waals surface area contributed by atoms with E-state index in [-0.39, 0.29) is 5.91 Å². The van der Waals surface area contributed by atoms with Gasteiger partial charge in [0.1, 0.15) is 0 Å². The fourth-order valence-electron chi connectivity index (χ4n) is 2.31. The summed E-state index contributed by atoms with van der Waals surface area (Å²) in [5, 5.41) is 5.12. The molecule has 1 fully saturated rings. The summed E-state index contributed by atoms with van der Waals surface area (Å²) in [6.45, 7) is 2.23. The van der Waals surface area contributed by atoms with Gasteiger partial charge in [-0.1, -0.05) is 25.8 Å². The largest absolute Gasteiger partial charge is 0.350 e. The van der Waals surface area contributed by atoms with E-state index in [9.17, 15) is 4.79 Å². The van der Waals surface area contributed by atoms with Gasteiger partial charge >= 0.3 is 0 Å². The summed E-state index contributed by atoms with van der Waals surface area (Å²) in [5.74, 6) is 0.653. The third-order valence-electron chi connectivity index (χ3n) is 3.38. The van der Waals surface area contributed by atoms with E-state index in [1.807, 2.05) is 23.6 Å². The molecule has 0 saturated heterocycles. The summed E-state index contributed by atoms with van der Waals surface area (Å²) >= 11 is 1.64. The fraction of sp³-hybridized carbons (Fsp3) is 0.500. The zero-order chi connectivity index (χ0) is 12.1. The molecule has 0 spiro atoms. The Bertz CT molecular complexity index is 383. The van der Waals surface area contributed by atoms with Crippen molar-refractivity contribution >= 4 is 23.3 Å². The van der Waals surface area contributed by atoms with E-state index in [4.69, 9.17) is 0 Å². The van der Waals surface area contributed by atoms with Gasteiger partial charge in [-0.3, -0.25) is 4.79 Å². The molecular weight excluding hydrogens is 230 g/mol. The molecule has 1 amide bonds. The molecule has 0 aromatic carbocycles. The number of hydrogen-bond acceptors (Lipinski definition) is 2. The van der Waals surface area contributed by atoms with Gasteiger partial charge in [0.15, 0.2) is 0 Å². The number of amides is 1. The first-order valence-corrected chi connectivity index (χ1v) is 7.16. The van der Waals surface area contributed by atoms with Crippen molar-refractivity contribution in [3.05, 3.63) is 28.5 Å². The SMILES string of the molecule is C[C@@H]1CCCC[C@H]1NC(=O)/C=C\c1cccs1. The van der Waals surface area contributed by atoms with Crippen LogP contribution in [0, 0.1) is 5.92 Å². The summed E-state index contributed by atoms with van der Waals surface area (Å²) in [4.78, 5) is 12.9. The Labute approximate surface area is 107 Å². The predicted molar refractivity (Wildman–Crippen MR) is 72.9 cm³/mol. The van der Waals surface area contributed by atoms with Crippen LogP contribution in [0.15, 0.2) is 23.6 Å². The van der Waals surface area contributed by atoms with Crippen molar-refractivity contribution in [3.63, 3.8) is 0 Å². The van der Waals surface area contributed by atoms with Crippen molar-refractivity contribution in [1.82, 2.24) is 5.32 Å². The van der Waals surface area contributed by atoms with E-state index in [1.165, 1.54) is 19.3 Å². The molecule has 1 aromatic rings. The van der Waals surface area contributed by atoms with Crippen LogP contribution in [-0.2, 0) is 4.79 Å². The minimum atomic E-state index is 0.0390. The van der Waals surface area contributed by atoms with Crippen molar-refractivity contribution in [2.75, 3.05) is 0 Å². The molecule has 92 valence electrons. The molecule has 1 heterocycles. The molecule has 0 aliphatic heterocycles. The minimum absolute atomic E-state index is 0.0390. The van der Waals surface area contributed by atoms with Crippen molar-refractivity contribution in [3.8, 4) is 0 Å². The molecule has 1 saturated carbocycles. The standard InChI is InChI=1S/C14H19NOS/c1-11-5-2-3-7-13(11)15-14(16)9-8-12-6-4-10-17-12/h4,6,8-11,13H,2-3,5,7H2,1H3,(H,15,16)/b9-8-/t11-,13-/m1/s1. The van der Waals surface area contributed by atoms with Gasteiger partial charge in [-0.05, 0) is 36.3 Å². The maximum absolute atomic E-state index is 11.8. The van der Waals surface area contributed by atoms with Gasteiger partial charge in [-0.2, -0.15) is 0 Å². The number of carbonyl (C=O) groups excluding carboxylic acids is 1. The highest BCUT2D eigenvalue weighted by molar-refractivity contribution is 7.10. The Balaban J connectivity index is 1.84. The summed E-state index contributed by atoms with van der Waals surface area (Å²) in [7, 11) is 0. The molecule has 17 heavy (non-hydrogen) atoms. The number of nitrogens with one attached hydrogen (secondary N) is 1. The highest BCUT2D eigenvalue weighted by atomic mass is 32.1. The van der Waals surface area contributed by atoms with Gasteiger partial charge in [0.2, 0.25) is 5.91 Å². The van der Waals surface area contributed by atoms with E-state index in [0.717, 1.165) is 11.3 Å². The molecule has 0 bridgehead atoms. The maximum Gasteiger partial charge on any atom is 0.244 e. The van der Waals surface area contributed by atoms with Crippen LogP contribution >= 0.6 is 11.3 Å². The Hall–Kier alpha value is -1.09. The highest BCUT2D eigenvalue weighted by Gasteiger charge is 2.21. The topological polar surface area (TPSA) is 29.1 Å². The number of thiophene rings is 1. The van der Waals surface area contributed by atoms with Gasteiger partial charge < -0.3 is 5.32 Å². The lowest BCUT2D eigenvalue weighted by molar-refractivity contribution is -0.117. The molecule has 1 aliphatic rings. The molecule has 1 aliphatic carbocycles. The lowest BCUT2D eigenvalue weighted by Gasteiger charge is -2.29. The van der Waals surface area contributed by atoms with E-state index in [0.29, 0.717) is 12.0 Å². The smallest absolute Gasteiger partial charge is 0.244 e. The Morgan fingerprint density at radius 1 is 1.47 bits per heavy atom. The molecule has 1 aromatic heterocycles. The minimum Gasteiger partial charge on any atom is -0.350 e. The Morgan fingerprint density at radius 2 is 2.29 bits per heavy atom. The quantitative estimate of drug-likeness (QED) is 0.817. The first kappa shape index (κ1) is 12.4. The molecule has 0 radical (unpaired) electrons. The van der Waals surface area contributed by atoms with E-state index in [2.05, 4.69) is 12.2 Å². The second kappa shape index (κ2) is 6.01. The first-order valence-electron chi connectivity index (χ1n) is 6.28. The van der Waals surface area contributed by atoms with Crippen LogP contribution < -0.4 is 5.32 Å². The van der Waals surface area contributed by atoms with E-state index < -0.39 is 0 Å². The third kappa shape index (κ3) is 3.70. The lowest BCUT2D eigenvalue weighted by atomic mass is 9.86. The summed E-state index contributed by atoms with van der Waals surface area (Å²) in [6.07, 6.45) is 8.43. The fourth-order valence-corrected chi connectivity index (χ4v) is 2.92. The average molecular weight is 249 g/mol. The van der Waals surface area contributed by atoms with Crippen molar-refractivity contribution in [2.24, 2.45) is 5.92 Å². The molecule has 2 nitrogen and oxygen atoms in total. The second-order valence-electron chi connectivity index (χ2n) is 4.73. The molecule has 2 rings (SSSR count). The normalized spacial score (nSPS) is 25.0. The molecule has 0 unspecified atom stereocenters. The Morgan fingerprint density at radius 3 is 3.00 bits per heavy atom. The number of hydrogen-bond donors (Lipinski definition) is 1. The molecule has 3 heteroatoms. The second-order valence-corrected chi connectivity index (χ2v) is 5.70. The van der Waals surface area contributed by atoms with Crippen LogP contribution in [0.1, 0.15) is 37.5 Å². The van der Waals surface area contributed by atoms with E-state index in [1.54, 1.807) is 17.4 Å². The van der Waals surface area contributed by atoms with Crippen molar-refractivity contribution in [2.45, 2.75) is 38.6 Å². The van der Waals surface area contributed by atoms with Gasteiger partial charge in [0.05, 0.1) is 0 Å². The summed E-state index contributed by atoms with van der Waals surface area (Å²) in [6, 6.07) is 4.37. The maximum atomic E-state index is 11.8. The van der Waals surface area contributed by atoms with Crippen LogP contribution in [0.5, 0.6) is 0 Å². The number of rotatable bonds is 3. The van der Waals surface area contributed by atoms with Crippen LogP contribution in [-0.4, -0.2) is 11.9 Å². The summed E-state index contributed by atoms with van der Waals surface area (Å²) < 4.78 is 0.